The number of nitrogens with one attached hydrogen (secondary N) is 1. The van der Waals surface area contributed by atoms with E-state index in [1.165, 1.54) is 18.0 Å². The van der Waals surface area contributed by atoms with Crippen LogP contribution < -0.4 is 5.32 Å². The zero-order valence-corrected chi connectivity index (χ0v) is 18.4. The Morgan fingerprint density at radius 1 is 1.14 bits per heavy atom. The number of carbonyl (C=O) groups is 2. The monoisotopic (exact) mass is 432 g/mol. The van der Waals surface area contributed by atoms with Gasteiger partial charge in [0.2, 0.25) is 5.91 Å². The van der Waals surface area contributed by atoms with Crippen molar-refractivity contribution in [2.24, 2.45) is 0 Å². The van der Waals surface area contributed by atoms with Crippen molar-refractivity contribution >= 4 is 34.7 Å². The van der Waals surface area contributed by atoms with Gasteiger partial charge in [-0.15, -0.1) is 16.4 Å². The Hall–Kier alpha value is -1.80. The average Bonchev–Trinajstić information content (AvgIpc) is 3.49. The van der Waals surface area contributed by atoms with Crippen LogP contribution in [0.2, 0.25) is 0 Å². The van der Waals surface area contributed by atoms with Crippen LogP contribution in [0.4, 0.5) is 0 Å². The van der Waals surface area contributed by atoms with E-state index in [0.717, 1.165) is 61.8 Å². The topological polar surface area (TPSA) is 75.2 Å². The van der Waals surface area contributed by atoms with Gasteiger partial charge in [0.15, 0.2) is 5.69 Å². The van der Waals surface area contributed by atoms with Crippen LogP contribution in [0.3, 0.4) is 0 Å². The number of hydrogen-bond donors (Lipinski definition) is 1. The number of rotatable bonds is 6. The van der Waals surface area contributed by atoms with E-state index in [9.17, 15) is 9.59 Å². The first-order valence-corrected chi connectivity index (χ1v) is 12.3. The van der Waals surface area contributed by atoms with Gasteiger partial charge in [-0.1, -0.05) is 36.6 Å². The first kappa shape index (κ1) is 20.5. The summed E-state index contributed by atoms with van der Waals surface area (Å²) in [4.78, 5) is 29.9. The number of nitrogens with zero attached hydrogens (tertiary/aromatic N) is 3. The van der Waals surface area contributed by atoms with E-state index in [1.54, 1.807) is 16.7 Å². The van der Waals surface area contributed by atoms with Crippen LogP contribution in [-0.4, -0.2) is 38.4 Å². The highest BCUT2D eigenvalue weighted by Crippen LogP contribution is 2.36. The van der Waals surface area contributed by atoms with Crippen LogP contribution in [0.5, 0.6) is 0 Å². The largest absolute Gasteiger partial charge is 0.351 e. The number of aromatic nitrogens is 2. The van der Waals surface area contributed by atoms with Gasteiger partial charge in [0.25, 0.3) is 5.91 Å². The Morgan fingerprint density at radius 2 is 1.86 bits per heavy atom. The third kappa shape index (κ3) is 4.53. The Bertz CT molecular complexity index is 824. The van der Waals surface area contributed by atoms with Gasteiger partial charge in [0.05, 0.1) is 0 Å². The van der Waals surface area contributed by atoms with Crippen molar-refractivity contribution in [3.8, 4) is 0 Å². The van der Waals surface area contributed by atoms with Gasteiger partial charge in [0, 0.05) is 22.3 Å². The third-order valence-corrected chi connectivity index (χ3v) is 7.74. The molecule has 29 heavy (non-hydrogen) atoms. The lowest BCUT2D eigenvalue weighted by Crippen LogP contribution is -2.50. The van der Waals surface area contributed by atoms with Crippen LogP contribution in [-0.2, 0) is 4.79 Å². The normalized spacial score (nSPS) is 19.2. The summed E-state index contributed by atoms with van der Waals surface area (Å²) < 4.78 is 3.88. The molecule has 2 fully saturated rings. The molecule has 0 aromatic carbocycles. The van der Waals surface area contributed by atoms with Crippen molar-refractivity contribution in [1.29, 1.82) is 0 Å². The molecule has 1 atom stereocenters. The van der Waals surface area contributed by atoms with Crippen molar-refractivity contribution in [1.82, 2.24) is 19.8 Å². The van der Waals surface area contributed by atoms with Crippen LogP contribution in [0.1, 0.15) is 84.8 Å². The molecule has 2 amide bonds. The molecule has 8 heteroatoms. The molecule has 0 radical (unpaired) electrons. The summed E-state index contributed by atoms with van der Waals surface area (Å²) >= 11 is 2.73. The lowest BCUT2D eigenvalue weighted by molar-refractivity contribution is -0.127. The second kappa shape index (κ2) is 9.34. The van der Waals surface area contributed by atoms with Crippen molar-refractivity contribution in [2.75, 3.05) is 0 Å². The molecular weight excluding hydrogens is 404 g/mol. The van der Waals surface area contributed by atoms with E-state index >= 15 is 0 Å². The molecule has 0 aliphatic heterocycles. The molecule has 2 aliphatic rings. The van der Waals surface area contributed by atoms with E-state index in [4.69, 9.17) is 0 Å². The quantitative estimate of drug-likeness (QED) is 0.730. The maximum atomic E-state index is 13.6. The molecule has 0 spiro atoms. The minimum absolute atomic E-state index is 0.0501. The molecular formula is C21H28N4O2S2. The van der Waals surface area contributed by atoms with Crippen molar-refractivity contribution in [2.45, 2.75) is 82.8 Å². The fraction of sp³-hybridized carbons (Fsp3) is 0.619. The van der Waals surface area contributed by atoms with Gasteiger partial charge >= 0.3 is 0 Å². The van der Waals surface area contributed by atoms with Crippen molar-refractivity contribution < 1.29 is 9.59 Å². The third-order valence-electron chi connectivity index (χ3n) is 6.16. The van der Waals surface area contributed by atoms with Gasteiger partial charge < -0.3 is 10.2 Å². The Balaban J connectivity index is 1.68. The molecule has 2 saturated carbocycles. The molecule has 6 nitrogen and oxygen atoms in total. The molecule has 2 aromatic rings. The summed E-state index contributed by atoms with van der Waals surface area (Å²) in [5.74, 6) is -0.229. The Kier molecular flexibility index (Phi) is 6.60. The highest BCUT2D eigenvalue weighted by molar-refractivity contribution is 7.10. The molecule has 2 heterocycles. The van der Waals surface area contributed by atoms with Crippen LogP contribution in [0, 0.1) is 6.92 Å². The molecule has 2 aliphatic carbocycles. The minimum Gasteiger partial charge on any atom is -0.351 e. The van der Waals surface area contributed by atoms with E-state index < -0.39 is 6.04 Å². The summed E-state index contributed by atoms with van der Waals surface area (Å²) in [5, 5.41) is 11.0. The lowest BCUT2D eigenvalue weighted by atomic mass is 9.95. The van der Waals surface area contributed by atoms with E-state index in [2.05, 4.69) is 14.9 Å². The summed E-state index contributed by atoms with van der Waals surface area (Å²) in [7, 11) is 0. The number of thiophene rings is 1. The Morgan fingerprint density at radius 3 is 2.48 bits per heavy atom. The summed E-state index contributed by atoms with van der Waals surface area (Å²) in [5.41, 5.74) is 1.40. The predicted molar refractivity (Wildman–Crippen MR) is 115 cm³/mol. The fourth-order valence-electron chi connectivity index (χ4n) is 4.63. The minimum atomic E-state index is -0.603. The van der Waals surface area contributed by atoms with Crippen molar-refractivity contribution in [3.05, 3.63) is 33.0 Å². The predicted octanol–water partition coefficient (Wildman–Crippen LogP) is 4.48. The standard InChI is InChI=1S/C21H28N4O2S2/c1-14-11-12-28-19(14)18(20(26)22-15-7-3-2-4-8-15)25(16-9-5-6-10-16)21(27)17-13-29-24-23-17/h11-13,15-16,18H,2-10H2,1H3,(H,22,26)/t18-/m0/s1. The van der Waals surface area contributed by atoms with Crippen molar-refractivity contribution in [3.63, 3.8) is 0 Å². The number of aryl methyl sites for hydroxylation is 1. The van der Waals surface area contributed by atoms with E-state index in [0.29, 0.717) is 5.69 Å². The van der Waals surface area contributed by atoms with Gasteiger partial charge in [-0.05, 0) is 61.1 Å². The molecule has 0 bridgehead atoms. The van der Waals surface area contributed by atoms with Crippen LogP contribution >= 0.6 is 22.9 Å². The lowest BCUT2D eigenvalue weighted by Gasteiger charge is -2.36. The molecule has 2 aromatic heterocycles. The molecule has 4 rings (SSSR count). The zero-order chi connectivity index (χ0) is 20.2. The number of amides is 2. The molecule has 0 saturated heterocycles. The van der Waals surface area contributed by atoms with E-state index in [1.807, 2.05) is 23.3 Å². The zero-order valence-electron chi connectivity index (χ0n) is 16.8. The molecule has 1 N–H and O–H groups in total. The van der Waals surface area contributed by atoms with Crippen LogP contribution in [0.15, 0.2) is 16.8 Å². The van der Waals surface area contributed by atoms with Crippen LogP contribution in [0.25, 0.3) is 0 Å². The summed E-state index contributed by atoms with van der Waals surface area (Å²) in [6.07, 6.45) is 9.64. The highest BCUT2D eigenvalue weighted by Gasteiger charge is 2.40. The fourth-order valence-corrected chi connectivity index (χ4v) is 6.08. The first-order chi connectivity index (χ1) is 14.1. The molecule has 156 valence electrons. The smallest absolute Gasteiger partial charge is 0.276 e. The second-order valence-electron chi connectivity index (χ2n) is 8.15. The SMILES string of the molecule is Cc1ccsc1[C@@H](C(=O)NC1CCCCC1)N(C(=O)c1csnn1)C1CCCC1. The maximum Gasteiger partial charge on any atom is 0.276 e. The van der Waals surface area contributed by atoms with Gasteiger partial charge in [-0.25, -0.2) is 0 Å². The second-order valence-corrected chi connectivity index (χ2v) is 9.71. The average molecular weight is 433 g/mol. The maximum absolute atomic E-state index is 13.6. The summed E-state index contributed by atoms with van der Waals surface area (Å²) in [6, 6.07) is 1.70. The molecule has 0 unspecified atom stereocenters. The van der Waals surface area contributed by atoms with E-state index in [-0.39, 0.29) is 23.9 Å². The first-order valence-electron chi connectivity index (χ1n) is 10.6. The van der Waals surface area contributed by atoms with Gasteiger partial charge in [-0.3, -0.25) is 9.59 Å². The highest BCUT2D eigenvalue weighted by atomic mass is 32.1. The van der Waals surface area contributed by atoms with Gasteiger partial charge in [0.1, 0.15) is 6.04 Å². The number of carbonyl (C=O) groups excluding carboxylic acids is 2. The Labute approximate surface area is 179 Å². The summed E-state index contributed by atoms with van der Waals surface area (Å²) in [6.45, 7) is 2.02. The number of hydrogen-bond acceptors (Lipinski definition) is 6. The van der Waals surface area contributed by atoms with Gasteiger partial charge in [-0.2, -0.15) is 0 Å².